The Hall–Kier alpha value is -3.28. The number of esters is 1. The topological polar surface area (TPSA) is 82.5 Å². The zero-order valence-corrected chi connectivity index (χ0v) is 20.6. The van der Waals surface area contributed by atoms with Crippen molar-refractivity contribution in [2.45, 2.75) is 32.5 Å². The van der Waals surface area contributed by atoms with Crippen molar-refractivity contribution in [2.75, 3.05) is 32.8 Å². The van der Waals surface area contributed by atoms with Crippen LogP contribution in [-0.2, 0) is 19.1 Å². The first-order valence-corrected chi connectivity index (χ1v) is 12.3. The molecular formula is C24H25F3N4O4S. The van der Waals surface area contributed by atoms with E-state index < -0.39 is 29.5 Å². The number of rotatable bonds is 5. The molecule has 36 heavy (non-hydrogen) atoms. The minimum Gasteiger partial charge on any atom is -0.463 e. The largest absolute Gasteiger partial charge is 0.463 e. The molecule has 0 aromatic heterocycles. The smallest absolute Gasteiger partial charge is 0.434 e. The van der Waals surface area contributed by atoms with Crippen molar-refractivity contribution in [2.24, 2.45) is 4.99 Å². The van der Waals surface area contributed by atoms with Gasteiger partial charge in [0.1, 0.15) is 0 Å². The van der Waals surface area contributed by atoms with E-state index in [2.05, 4.69) is 4.99 Å². The lowest BCUT2D eigenvalue weighted by molar-refractivity contribution is -0.141. The van der Waals surface area contributed by atoms with E-state index in [0.29, 0.717) is 37.4 Å². The molecule has 4 rings (SSSR count). The first kappa shape index (κ1) is 25.8. The Kier molecular flexibility index (Phi) is 7.43. The molecule has 3 aliphatic rings. The molecule has 1 aromatic rings. The van der Waals surface area contributed by atoms with Crippen molar-refractivity contribution < 1.29 is 32.3 Å². The van der Waals surface area contributed by atoms with E-state index in [1.54, 1.807) is 45.5 Å². The molecule has 3 heterocycles. The Labute approximate surface area is 210 Å². The van der Waals surface area contributed by atoms with Gasteiger partial charge in [0.15, 0.2) is 10.9 Å². The van der Waals surface area contributed by atoms with Crippen molar-refractivity contribution in [3.05, 3.63) is 58.3 Å². The third kappa shape index (κ3) is 5.13. The van der Waals surface area contributed by atoms with Gasteiger partial charge in [-0.1, -0.05) is 42.1 Å². The van der Waals surface area contributed by atoms with Crippen LogP contribution < -0.4 is 0 Å². The van der Waals surface area contributed by atoms with Gasteiger partial charge in [0.25, 0.3) is 0 Å². The van der Waals surface area contributed by atoms with Crippen LogP contribution in [0.1, 0.15) is 31.9 Å². The summed E-state index contributed by atoms with van der Waals surface area (Å²) in [5.41, 5.74) is -1.04. The summed E-state index contributed by atoms with van der Waals surface area (Å²) in [6.07, 6.45) is -4.98. The molecule has 1 atom stereocenters. The zero-order valence-electron chi connectivity index (χ0n) is 19.7. The predicted molar refractivity (Wildman–Crippen MR) is 127 cm³/mol. The van der Waals surface area contributed by atoms with Crippen LogP contribution in [-0.4, -0.2) is 76.6 Å². The number of thioether (sulfide) groups is 1. The van der Waals surface area contributed by atoms with Crippen LogP contribution in [0.4, 0.5) is 13.2 Å². The monoisotopic (exact) mass is 522 g/mol. The van der Waals surface area contributed by atoms with E-state index in [4.69, 9.17) is 4.74 Å². The van der Waals surface area contributed by atoms with E-state index in [-0.39, 0.29) is 30.0 Å². The van der Waals surface area contributed by atoms with Gasteiger partial charge in [-0.25, -0.2) is 9.79 Å². The van der Waals surface area contributed by atoms with Gasteiger partial charge in [-0.3, -0.25) is 9.59 Å². The number of hydrogen-bond donors (Lipinski definition) is 0. The Morgan fingerprint density at radius 3 is 2.31 bits per heavy atom. The first-order chi connectivity index (χ1) is 17.1. The molecule has 0 bridgehead atoms. The number of halogens is 3. The van der Waals surface area contributed by atoms with E-state index in [1.807, 2.05) is 0 Å². The molecule has 0 spiro atoms. The molecular weight excluding hydrogens is 497 g/mol. The zero-order chi connectivity index (χ0) is 26.0. The fourth-order valence-corrected chi connectivity index (χ4v) is 5.30. The molecule has 2 amide bonds. The average molecular weight is 523 g/mol. The molecule has 0 N–H and O–H groups in total. The van der Waals surface area contributed by atoms with Crippen molar-refractivity contribution >= 4 is 34.7 Å². The van der Waals surface area contributed by atoms with Gasteiger partial charge in [-0.05, 0) is 17.9 Å². The normalized spacial score (nSPS) is 20.1. The summed E-state index contributed by atoms with van der Waals surface area (Å²) in [6.45, 7) is 4.46. The van der Waals surface area contributed by atoms with Crippen molar-refractivity contribution in [3.63, 3.8) is 0 Å². The number of amides is 2. The molecule has 3 aliphatic heterocycles. The maximum absolute atomic E-state index is 14.1. The SMILES string of the molecule is CCOC(=O)C1=C(C(F)(F)F)N=C2SC=C(CC(=O)N3CCN(C(C)=O)CC3)N2[C@H]1c1ccccc1. The molecule has 1 aromatic carbocycles. The molecule has 0 unspecified atom stereocenters. The average Bonchev–Trinajstić information content (AvgIpc) is 3.25. The number of hydrogen-bond acceptors (Lipinski definition) is 7. The van der Waals surface area contributed by atoms with Crippen LogP contribution in [0.15, 0.2) is 57.7 Å². The molecule has 0 saturated carbocycles. The number of allylic oxidation sites excluding steroid dienone is 1. The van der Waals surface area contributed by atoms with Gasteiger partial charge >= 0.3 is 12.1 Å². The molecule has 0 radical (unpaired) electrons. The highest BCUT2D eigenvalue weighted by Crippen LogP contribution is 2.48. The molecule has 1 saturated heterocycles. The third-order valence-electron chi connectivity index (χ3n) is 6.10. The number of nitrogens with zero attached hydrogens (tertiary/aromatic N) is 4. The van der Waals surface area contributed by atoms with E-state index >= 15 is 0 Å². The number of piperazine rings is 1. The number of amidine groups is 1. The second-order valence-electron chi connectivity index (χ2n) is 8.35. The second-order valence-corrected chi connectivity index (χ2v) is 9.19. The van der Waals surface area contributed by atoms with Crippen LogP contribution >= 0.6 is 11.8 Å². The molecule has 0 aliphatic carbocycles. The Morgan fingerprint density at radius 2 is 1.72 bits per heavy atom. The fourth-order valence-electron chi connectivity index (χ4n) is 4.38. The lowest BCUT2D eigenvalue weighted by atomic mass is 9.93. The summed E-state index contributed by atoms with van der Waals surface area (Å²) in [5, 5.41) is 1.63. The minimum atomic E-state index is -4.89. The Balaban J connectivity index is 1.68. The van der Waals surface area contributed by atoms with Gasteiger partial charge in [0.2, 0.25) is 11.8 Å². The fraction of sp³-hybridized carbons (Fsp3) is 0.417. The van der Waals surface area contributed by atoms with Crippen molar-refractivity contribution in [1.29, 1.82) is 0 Å². The molecule has 8 nitrogen and oxygen atoms in total. The minimum absolute atomic E-state index is 0.0356. The quantitative estimate of drug-likeness (QED) is 0.551. The van der Waals surface area contributed by atoms with Crippen LogP contribution in [0.2, 0.25) is 0 Å². The standard InChI is InChI=1S/C24H25F3N4O4S/c1-3-35-22(34)19-20(16-7-5-4-6-8-16)31-17(14-36-23(31)28-21(19)24(25,26)27)13-18(33)30-11-9-29(10-12-30)15(2)32/h4-8,14,20H,3,9-13H2,1-2H3/t20-/m0/s1. The number of fused-ring (bicyclic) bond motifs is 1. The summed E-state index contributed by atoms with van der Waals surface area (Å²) < 4.78 is 47.2. The van der Waals surface area contributed by atoms with E-state index in [9.17, 15) is 27.6 Å². The summed E-state index contributed by atoms with van der Waals surface area (Å²) in [5.74, 6) is -1.39. The van der Waals surface area contributed by atoms with Gasteiger partial charge in [-0.2, -0.15) is 13.2 Å². The maximum Gasteiger partial charge on any atom is 0.434 e. The summed E-state index contributed by atoms with van der Waals surface area (Å²) >= 11 is 0.977. The summed E-state index contributed by atoms with van der Waals surface area (Å²) in [6, 6.07) is 7.15. The highest BCUT2D eigenvalue weighted by atomic mass is 32.2. The van der Waals surface area contributed by atoms with Gasteiger partial charge in [-0.15, -0.1) is 0 Å². The third-order valence-corrected chi connectivity index (χ3v) is 6.99. The highest BCUT2D eigenvalue weighted by molar-refractivity contribution is 8.16. The van der Waals surface area contributed by atoms with Crippen LogP contribution in [0.25, 0.3) is 0 Å². The van der Waals surface area contributed by atoms with Crippen LogP contribution in [0.5, 0.6) is 0 Å². The Bertz CT molecular complexity index is 1140. The molecule has 12 heteroatoms. The van der Waals surface area contributed by atoms with E-state index in [0.717, 1.165) is 11.8 Å². The van der Waals surface area contributed by atoms with Crippen molar-refractivity contribution in [1.82, 2.24) is 14.7 Å². The number of ether oxygens (including phenoxy) is 1. The number of aliphatic imine (C=N–C) groups is 1. The van der Waals surface area contributed by atoms with Gasteiger partial charge in [0.05, 0.1) is 24.6 Å². The van der Waals surface area contributed by atoms with Crippen molar-refractivity contribution in [3.8, 4) is 0 Å². The lowest BCUT2D eigenvalue weighted by Crippen LogP contribution is -2.50. The Morgan fingerprint density at radius 1 is 1.08 bits per heavy atom. The van der Waals surface area contributed by atoms with Crippen LogP contribution in [0, 0.1) is 0 Å². The number of alkyl halides is 3. The molecule has 192 valence electrons. The maximum atomic E-state index is 14.1. The predicted octanol–water partition coefficient (Wildman–Crippen LogP) is 3.45. The number of carbonyl (C=O) groups excluding carboxylic acids is 3. The summed E-state index contributed by atoms with van der Waals surface area (Å²) in [7, 11) is 0. The van der Waals surface area contributed by atoms with Crippen LogP contribution in [0.3, 0.4) is 0 Å². The summed E-state index contributed by atoms with van der Waals surface area (Å²) in [4.78, 5) is 46.2. The van der Waals surface area contributed by atoms with E-state index in [1.165, 1.54) is 18.7 Å². The molecule has 1 fully saturated rings. The lowest BCUT2D eigenvalue weighted by Gasteiger charge is -2.38. The highest BCUT2D eigenvalue weighted by Gasteiger charge is 2.49. The van der Waals surface area contributed by atoms with Gasteiger partial charge < -0.3 is 19.4 Å². The first-order valence-electron chi connectivity index (χ1n) is 11.4. The van der Waals surface area contributed by atoms with Gasteiger partial charge in [0, 0.05) is 38.8 Å². The number of benzene rings is 1. The second kappa shape index (κ2) is 10.4. The number of carbonyl (C=O) groups is 3.